The van der Waals surface area contributed by atoms with Crippen molar-refractivity contribution >= 4 is 15.6 Å². The summed E-state index contributed by atoms with van der Waals surface area (Å²) in [4.78, 5) is 9.44. The Labute approximate surface area is 440 Å². The predicted octanol–water partition coefficient (Wildman–Crippen LogP) is 19.7. The number of ether oxygens (including phenoxy) is 3. The number of benzene rings is 2. The summed E-state index contributed by atoms with van der Waals surface area (Å²) < 4.78 is 34.0. The minimum absolute atomic E-state index is 0.167. The van der Waals surface area contributed by atoms with E-state index in [4.69, 9.17) is 9.47 Å². The molecule has 6 saturated carbocycles. The second-order valence-corrected chi connectivity index (χ2v) is 19.2. The third-order valence-corrected chi connectivity index (χ3v) is 10.9. The number of hydrogen-bond acceptors (Lipinski definition) is 6. The summed E-state index contributed by atoms with van der Waals surface area (Å²) in [6.07, 6.45) is 27.3. The molecule has 0 heterocycles. The van der Waals surface area contributed by atoms with Crippen LogP contribution in [0.2, 0.25) is 0 Å². The van der Waals surface area contributed by atoms with Gasteiger partial charge in [0.05, 0.1) is 0 Å². The lowest BCUT2D eigenvalue weighted by Gasteiger charge is -2.23. The van der Waals surface area contributed by atoms with Crippen LogP contribution in [-0.4, -0.2) is 54.1 Å². The highest BCUT2D eigenvalue weighted by atomic mass is 32.2. The van der Waals surface area contributed by atoms with Crippen LogP contribution in [0.4, 0.5) is 0 Å². The van der Waals surface area contributed by atoms with E-state index in [2.05, 4.69) is 45.6 Å². The van der Waals surface area contributed by atoms with Crippen molar-refractivity contribution in [3.63, 3.8) is 0 Å². The van der Waals surface area contributed by atoms with E-state index in [1.54, 1.807) is 103 Å². The Bertz CT molecular complexity index is 1260. The summed E-state index contributed by atoms with van der Waals surface area (Å²) in [6.45, 7) is 43.8. The van der Waals surface area contributed by atoms with Gasteiger partial charge >= 0.3 is 0 Å². The van der Waals surface area contributed by atoms with Crippen molar-refractivity contribution in [1.29, 1.82) is 0 Å². The van der Waals surface area contributed by atoms with Gasteiger partial charge in [-0.05, 0) is 150 Å². The van der Waals surface area contributed by atoms with Crippen molar-refractivity contribution in [1.82, 2.24) is 0 Å². The Hall–Kier alpha value is -2.90. The second-order valence-electron chi connectivity index (χ2n) is 16.9. The summed E-state index contributed by atoms with van der Waals surface area (Å²) in [6, 6.07) is 19.4. The highest BCUT2D eigenvalue weighted by Crippen LogP contribution is 2.59. The van der Waals surface area contributed by atoms with Crippen LogP contribution in [0.1, 0.15) is 215 Å². The largest absolute Gasteiger partial charge is 0.490 e. The molecule has 0 saturated heterocycles. The minimum atomic E-state index is -2.67. The van der Waals surface area contributed by atoms with E-state index in [9.17, 15) is 13.2 Å². The van der Waals surface area contributed by atoms with Crippen LogP contribution < -0.4 is 9.47 Å². The van der Waals surface area contributed by atoms with Crippen LogP contribution in [0.5, 0.6) is 11.5 Å². The fourth-order valence-electron chi connectivity index (χ4n) is 9.38. The van der Waals surface area contributed by atoms with Crippen LogP contribution in [-0.2, 0) is 19.4 Å². The summed E-state index contributed by atoms with van der Waals surface area (Å²) >= 11 is 0. The summed E-state index contributed by atoms with van der Waals surface area (Å²) in [5, 5.41) is 0. The third kappa shape index (κ3) is 47.4. The standard InChI is InChI=1S/2C10H16.2C9H10O.C3H6O.2C3H8.C2H6O2S.C2H6O.6C2H6/c2*1-2-9-7-4-5-8(6-7)10(9)3-1;2*1-2-8-10-9-6-4-3-5-7-9;1-3(2)4;2*1-3-2;1-5(2,3)4;1-3-2;6*1-2/h2*7-10H,1-6H2;2*2-7H,1,8H2;1-2H3;2*3H2,1-2H3;1-2H3;1-2H3;6*1-2H3. The number of ketones is 1. The number of rotatable bonds is 6. The van der Waals surface area contributed by atoms with Gasteiger partial charge in [0.2, 0.25) is 0 Å². The van der Waals surface area contributed by atoms with Gasteiger partial charge in [0, 0.05) is 26.7 Å². The van der Waals surface area contributed by atoms with Crippen molar-refractivity contribution in [2.75, 3.05) is 39.9 Å². The van der Waals surface area contributed by atoms with E-state index in [1.807, 2.05) is 144 Å². The van der Waals surface area contributed by atoms with Crippen LogP contribution in [0, 0.1) is 47.3 Å². The normalized spacial score (nSPS) is 21.5. The molecule has 2 aromatic rings. The Morgan fingerprint density at radius 2 is 0.686 bits per heavy atom. The smallest absolute Gasteiger partial charge is 0.144 e. The highest BCUT2D eigenvalue weighted by Gasteiger charge is 2.49. The number of Topliss-reactive ketones (excluding diaryl/α,β-unsaturated/α-hetero) is 1. The Balaban J connectivity index is -0.000000128. The molecular weight excluding hydrogens is 885 g/mol. The molecule has 416 valence electrons. The SMILES string of the molecule is C1CC2C3CCC(C3)C2C1.C1CC2C3CCC(C3)C2C1.C=CCOc1ccccc1.C=CCOc1ccccc1.CC.CC.CC.CC.CC.CC.CC(C)=O.CCC.CCC.COC.CS(C)(=O)=O. The molecule has 0 aliphatic heterocycles. The molecule has 0 aromatic heterocycles. The van der Waals surface area contributed by atoms with Crippen molar-refractivity contribution in [3.8, 4) is 11.5 Å². The van der Waals surface area contributed by atoms with Gasteiger partial charge in [-0.25, -0.2) is 8.42 Å². The zero-order chi connectivity index (χ0) is 55.8. The number of carbonyl (C=O) groups excluding carboxylic acids is 1. The molecule has 4 bridgehead atoms. The van der Waals surface area contributed by atoms with Gasteiger partial charge in [-0.1, -0.05) is 198 Å². The first-order valence-electron chi connectivity index (χ1n) is 28.3. The van der Waals surface area contributed by atoms with Crippen LogP contribution in [0.3, 0.4) is 0 Å². The summed E-state index contributed by atoms with van der Waals surface area (Å²) in [5.41, 5.74) is 0. The van der Waals surface area contributed by atoms with Gasteiger partial charge in [-0.15, -0.1) is 0 Å². The molecule has 6 aliphatic rings. The Kier molecular flexibility index (Phi) is 72.1. The monoisotopic (exact) mass is 1010 g/mol. The molecule has 0 radical (unpaired) electrons. The van der Waals surface area contributed by atoms with Crippen LogP contribution >= 0.6 is 0 Å². The van der Waals surface area contributed by atoms with Gasteiger partial charge in [0.25, 0.3) is 0 Å². The van der Waals surface area contributed by atoms with E-state index in [0.29, 0.717) is 13.2 Å². The molecule has 8 unspecified atom stereocenters. The molecule has 70 heavy (non-hydrogen) atoms. The Morgan fingerprint density at radius 1 is 0.500 bits per heavy atom. The molecule has 0 spiro atoms. The topological polar surface area (TPSA) is 78.9 Å². The van der Waals surface area contributed by atoms with E-state index >= 15 is 0 Å². The van der Waals surface area contributed by atoms with Crippen molar-refractivity contribution < 1.29 is 27.4 Å². The van der Waals surface area contributed by atoms with Crippen molar-refractivity contribution in [2.45, 2.75) is 215 Å². The molecular formula is C63H122O6S. The lowest BCUT2D eigenvalue weighted by Crippen LogP contribution is -2.15. The lowest BCUT2D eigenvalue weighted by atomic mass is 9.82. The molecule has 6 nitrogen and oxygen atoms in total. The first kappa shape index (κ1) is 81.2. The van der Waals surface area contributed by atoms with Gasteiger partial charge < -0.3 is 19.0 Å². The van der Waals surface area contributed by atoms with Crippen molar-refractivity contribution in [2.24, 2.45) is 47.3 Å². The number of para-hydroxylation sites is 2. The predicted molar refractivity (Wildman–Crippen MR) is 318 cm³/mol. The van der Waals surface area contributed by atoms with E-state index in [-0.39, 0.29) is 5.78 Å². The average molecular weight is 1010 g/mol. The number of methoxy groups -OCH3 is 1. The van der Waals surface area contributed by atoms with E-state index < -0.39 is 9.84 Å². The highest BCUT2D eigenvalue weighted by molar-refractivity contribution is 7.89. The van der Waals surface area contributed by atoms with Crippen LogP contribution in [0.15, 0.2) is 86.0 Å². The molecule has 2 aromatic carbocycles. The van der Waals surface area contributed by atoms with Gasteiger partial charge in [0.15, 0.2) is 0 Å². The molecule has 0 N–H and O–H groups in total. The quantitative estimate of drug-likeness (QED) is 0.268. The molecule has 7 heteroatoms. The first-order valence-corrected chi connectivity index (χ1v) is 30.6. The number of sulfone groups is 1. The minimum Gasteiger partial charge on any atom is -0.490 e. The number of carbonyl (C=O) groups is 1. The molecule has 8 rings (SSSR count). The molecule has 8 atom stereocenters. The fourth-order valence-corrected chi connectivity index (χ4v) is 9.38. The zero-order valence-corrected chi connectivity index (χ0v) is 51.4. The zero-order valence-electron chi connectivity index (χ0n) is 50.6. The van der Waals surface area contributed by atoms with Gasteiger partial charge in [0.1, 0.15) is 40.3 Å². The average Bonchev–Trinajstić information content (AvgIpc) is 4.26. The van der Waals surface area contributed by atoms with Crippen LogP contribution in [0.25, 0.3) is 0 Å². The van der Waals surface area contributed by atoms with Gasteiger partial charge in [-0.3, -0.25) is 0 Å². The third-order valence-electron chi connectivity index (χ3n) is 10.9. The van der Waals surface area contributed by atoms with E-state index in [0.717, 1.165) is 24.0 Å². The van der Waals surface area contributed by atoms with Gasteiger partial charge in [-0.2, -0.15) is 0 Å². The summed E-state index contributed by atoms with van der Waals surface area (Å²) in [5.74, 6) is 11.5. The fraction of sp³-hybridized carbons (Fsp3) is 0.730. The van der Waals surface area contributed by atoms with Crippen molar-refractivity contribution in [3.05, 3.63) is 86.0 Å². The second kappa shape index (κ2) is 62.2. The molecule has 6 aliphatic carbocycles. The first-order chi connectivity index (χ1) is 33.7. The maximum Gasteiger partial charge on any atom is 0.144 e. The molecule has 6 fully saturated rings. The van der Waals surface area contributed by atoms with E-state index in [1.165, 1.54) is 74.0 Å². The number of fused-ring (bicyclic) bond motifs is 10. The maximum absolute atomic E-state index is 9.63. The molecule has 0 amide bonds. The Morgan fingerprint density at radius 3 is 0.857 bits per heavy atom. The lowest BCUT2D eigenvalue weighted by molar-refractivity contribution is -0.115. The summed E-state index contributed by atoms with van der Waals surface area (Å²) in [7, 11) is 0.583. The number of hydrogen-bond donors (Lipinski definition) is 0. The maximum atomic E-state index is 9.63.